The van der Waals surface area contributed by atoms with Crippen LogP contribution in [0.4, 0.5) is 0 Å². The van der Waals surface area contributed by atoms with Gasteiger partial charge < -0.3 is 5.73 Å². The van der Waals surface area contributed by atoms with Gasteiger partial charge in [0.15, 0.2) is 0 Å². The van der Waals surface area contributed by atoms with E-state index in [0.29, 0.717) is 6.04 Å². The maximum atomic E-state index is 5.66. The first kappa shape index (κ1) is 8.99. The molecule has 1 aliphatic rings. The molecule has 2 heteroatoms. The van der Waals surface area contributed by atoms with Gasteiger partial charge in [0, 0.05) is 6.04 Å². The zero-order valence-electron chi connectivity index (χ0n) is 5.60. The summed E-state index contributed by atoms with van der Waals surface area (Å²) >= 11 is 0. The van der Waals surface area contributed by atoms with Crippen LogP contribution in [-0.4, -0.2) is 6.04 Å². The molecule has 0 amide bonds. The summed E-state index contributed by atoms with van der Waals surface area (Å²) in [5.41, 5.74) is 7.04. The Labute approximate surface area is 62.7 Å². The van der Waals surface area contributed by atoms with Gasteiger partial charge in [-0.2, -0.15) is 0 Å². The van der Waals surface area contributed by atoms with E-state index in [0.717, 1.165) is 25.7 Å². The Morgan fingerprint density at radius 3 is 2.11 bits per heavy atom. The van der Waals surface area contributed by atoms with E-state index in [1.165, 1.54) is 5.57 Å². The zero-order chi connectivity index (χ0) is 5.98. The summed E-state index contributed by atoms with van der Waals surface area (Å²) in [6.45, 7) is 3.89. The molecule has 0 aliphatic heterocycles. The Bertz CT molecular complexity index is 91.1. The van der Waals surface area contributed by atoms with Gasteiger partial charge in [0.05, 0.1) is 0 Å². The van der Waals surface area contributed by atoms with E-state index >= 15 is 0 Å². The molecule has 0 bridgehead atoms. The van der Waals surface area contributed by atoms with Crippen molar-refractivity contribution in [2.24, 2.45) is 5.73 Å². The van der Waals surface area contributed by atoms with Crippen molar-refractivity contribution in [3.05, 3.63) is 12.2 Å². The van der Waals surface area contributed by atoms with Crippen LogP contribution in [0, 0.1) is 0 Å². The molecule has 0 heterocycles. The lowest BCUT2D eigenvalue weighted by Gasteiger charge is -2.18. The van der Waals surface area contributed by atoms with Crippen LogP contribution < -0.4 is 5.73 Å². The van der Waals surface area contributed by atoms with E-state index in [9.17, 15) is 0 Å². The number of halogens is 1. The summed E-state index contributed by atoms with van der Waals surface area (Å²) in [5.74, 6) is 0. The van der Waals surface area contributed by atoms with E-state index in [4.69, 9.17) is 5.73 Å². The lowest BCUT2D eigenvalue weighted by atomic mass is 9.93. The fourth-order valence-corrected chi connectivity index (χ4v) is 1.05. The zero-order valence-corrected chi connectivity index (χ0v) is 6.41. The predicted molar refractivity (Wildman–Crippen MR) is 42.8 cm³/mol. The van der Waals surface area contributed by atoms with Crippen molar-refractivity contribution in [2.45, 2.75) is 31.7 Å². The second-order valence-electron chi connectivity index (χ2n) is 2.59. The highest BCUT2D eigenvalue weighted by molar-refractivity contribution is 5.85. The molecule has 0 spiro atoms. The molecule has 1 nitrogen and oxygen atoms in total. The van der Waals surface area contributed by atoms with Crippen LogP contribution in [-0.2, 0) is 0 Å². The number of hydrogen-bond acceptors (Lipinski definition) is 1. The molecule has 54 valence electrons. The van der Waals surface area contributed by atoms with Gasteiger partial charge in [0.25, 0.3) is 0 Å². The minimum absolute atomic E-state index is 0. The van der Waals surface area contributed by atoms with Crippen molar-refractivity contribution in [2.75, 3.05) is 0 Å². The van der Waals surface area contributed by atoms with E-state index in [-0.39, 0.29) is 12.4 Å². The molecule has 0 aromatic rings. The number of allylic oxidation sites excluding steroid dienone is 1. The standard InChI is InChI=1S/C7H13N.ClH/c1-6-2-4-7(8)5-3-6;/h7H,1-5,8H2;1H. The first-order chi connectivity index (χ1) is 3.79. The molecule has 9 heavy (non-hydrogen) atoms. The van der Waals surface area contributed by atoms with Crippen LogP contribution in [0.2, 0.25) is 0 Å². The predicted octanol–water partition coefficient (Wildman–Crippen LogP) is 1.87. The Morgan fingerprint density at radius 1 is 1.33 bits per heavy atom. The number of nitrogens with two attached hydrogens (primary N) is 1. The largest absolute Gasteiger partial charge is 0.328 e. The molecule has 0 radical (unpaired) electrons. The van der Waals surface area contributed by atoms with E-state index in [1.807, 2.05) is 0 Å². The number of hydrogen-bond donors (Lipinski definition) is 1. The van der Waals surface area contributed by atoms with Crippen LogP contribution in [0.25, 0.3) is 0 Å². The third-order valence-electron chi connectivity index (χ3n) is 1.74. The summed E-state index contributed by atoms with van der Waals surface area (Å²) in [6.07, 6.45) is 4.61. The first-order valence-corrected chi connectivity index (χ1v) is 3.21. The molecule has 0 atom stereocenters. The molecule has 0 saturated heterocycles. The molecule has 0 unspecified atom stereocenters. The van der Waals surface area contributed by atoms with Crippen LogP contribution in [0.1, 0.15) is 25.7 Å². The lowest BCUT2D eigenvalue weighted by molar-refractivity contribution is 0.513. The SMILES string of the molecule is C=C1CCC(N)CC1.Cl. The second kappa shape index (κ2) is 3.91. The minimum atomic E-state index is 0. The van der Waals surface area contributed by atoms with Crippen molar-refractivity contribution in [3.8, 4) is 0 Å². The van der Waals surface area contributed by atoms with E-state index in [2.05, 4.69) is 6.58 Å². The third-order valence-corrected chi connectivity index (χ3v) is 1.74. The van der Waals surface area contributed by atoms with Gasteiger partial charge in [-0.15, -0.1) is 12.4 Å². The van der Waals surface area contributed by atoms with Crippen molar-refractivity contribution >= 4 is 12.4 Å². The summed E-state index contributed by atoms with van der Waals surface area (Å²) in [4.78, 5) is 0. The van der Waals surface area contributed by atoms with Gasteiger partial charge in [-0.25, -0.2) is 0 Å². The van der Waals surface area contributed by atoms with Crippen molar-refractivity contribution in [3.63, 3.8) is 0 Å². The molecule has 1 fully saturated rings. The highest BCUT2D eigenvalue weighted by Gasteiger charge is 2.09. The van der Waals surface area contributed by atoms with Crippen LogP contribution in [0.5, 0.6) is 0 Å². The lowest BCUT2D eigenvalue weighted by Crippen LogP contribution is -2.22. The molecule has 1 aliphatic carbocycles. The van der Waals surface area contributed by atoms with Gasteiger partial charge in [0.2, 0.25) is 0 Å². The van der Waals surface area contributed by atoms with Crippen LogP contribution >= 0.6 is 12.4 Å². The summed E-state index contributed by atoms with van der Waals surface area (Å²) in [7, 11) is 0. The fourth-order valence-electron chi connectivity index (χ4n) is 1.05. The monoisotopic (exact) mass is 147 g/mol. The minimum Gasteiger partial charge on any atom is -0.328 e. The van der Waals surface area contributed by atoms with Crippen molar-refractivity contribution < 1.29 is 0 Å². The summed E-state index contributed by atoms with van der Waals surface area (Å²) in [5, 5.41) is 0. The highest BCUT2D eigenvalue weighted by Crippen LogP contribution is 2.19. The van der Waals surface area contributed by atoms with Crippen LogP contribution in [0.3, 0.4) is 0 Å². The van der Waals surface area contributed by atoms with Crippen LogP contribution in [0.15, 0.2) is 12.2 Å². The summed E-state index contributed by atoms with van der Waals surface area (Å²) < 4.78 is 0. The fraction of sp³-hybridized carbons (Fsp3) is 0.714. The first-order valence-electron chi connectivity index (χ1n) is 3.21. The maximum absolute atomic E-state index is 5.66. The molecule has 0 aromatic carbocycles. The van der Waals surface area contributed by atoms with E-state index < -0.39 is 0 Å². The summed E-state index contributed by atoms with van der Waals surface area (Å²) in [6, 6.07) is 0.459. The Hall–Kier alpha value is -0.0100. The topological polar surface area (TPSA) is 26.0 Å². The molecule has 2 N–H and O–H groups in total. The van der Waals surface area contributed by atoms with Gasteiger partial charge in [-0.05, 0) is 25.7 Å². The highest BCUT2D eigenvalue weighted by atomic mass is 35.5. The Morgan fingerprint density at radius 2 is 1.78 bits per heavy atom. The van der Waals surface area contributed by atoms with Gasteiger partial charge in [0.1, 0.15) is 0 Å². The third kappa shape index (κ3) is 2.87. The van der Waals surface area contributed by atoms with E-state index in [1.54, 1.807) is 0 Å². The quantitative estimate of drug-likeness (QED) is 0.521. The maximum Gasteiger partial charge on any atom is 0.00449 e. The molecule has 1 saturated carbocycles. The number of rotatable bonds is 0. The average Bonchev–Trinajstić information content (AvgIpc) is 1.77. The molecule has 1 rings (SSSR count). The second-order valence-corrected chi connectivity index (χ2v) is 2.59. The van der Waals surface area contributed by atoms with Gasteiger partial charge >= 0.3 is 0 Å². The molecular weight excluding hydrogens is 134 g/mol. The van der Waals surface area contributed by atoms with Crippen molar-refractivity contribution in [1.82, 2.24) is 0 Å². The Balaban J connectivity index is 0.000000640. The van der Waals surface area contributed by atoms with Crippen molar-refractivity contribution in [1.29, 1.82) is 0 Å². The normalized spacial score (nSPS) is 21.2. The molecular formula is C7H14ClN. The molecule has 0 aromatic heterocycles. The Kier molecular flexibility index (Phi) is 3.91. The average molecular weight is 148 g/mol. The smallest absolute Gasteiger partial charge is 0.00449 e. The van der Waals surface area contributed by atoms with Gasteiger partial charge in [-0.3, -0.25) is 0 Å². The van der Waals surface area contributed by atoms with Gasteiger partial charge in [-0.1, -0.05) is 12.2 Å².